The van der Waals surface area contributed by atoms with E-state index in [1.165, 1.54) is 11.3 Å². The Hall–Kier alpha value is -2.66. The highest BCUT2D eigenvalue weighted by Gasteiger charge is 2.23. The van der Waals surface area contributed by atoms with Crippen molar-refractivity contribution in [2.75, 3.05) is 5.32 Å². The molecule has 1 aromatic heterocycles. The van der Waals surface area contributed by atoms with Crippen LogP contribution in [0.15, 0.2) is 54.6 Å². The van der Waals surface area contributed by atoms with Crippen LogP contribution in [0.3, 0.4) is 0 Å². The van der Waals surface area contributed by atoms with Crippen LogP contribution in [0, 0.1) is 0 Å². The number of rotatable bonds is 4. The first-order valence-electron chi connectivity index (χ1n) is 7.90. The smallest absolute Gasteiger partial charge is 0.265 e. The minimum atomic E-state index is -0.157. The quantitative estimate of drug-likeness (QED) is 0.755. The predicted molar refractivity (Wildman–Crippen MR) is 96.7 cm³/mol. The lowest BCUT2D eigenvalue weighted by molar-refractivity contribution is 0.0949. The van der Waals surface area contributed by atoms with E-state index in [1.54, 1.807) is 24.3 Å². The Labute approximate surface area is 143 Å². The molecule has 0 atom stereocenters. The van der Waals surface area contributed by atoms with E-state index in [0.717, 1.165) is 22.9 Å². The van der Waals surface area contributed by atoms with Crippen LogP contribution in [0.1, 0.15) is 32.9 Å². The van der Waals surface area contributed by atoms with Gasteiger partial charge in [0.2, 0.25) is 0 Å². The monoisotopic (exact) mass is 336 g/mol. The fraction of sp³-hybridized carbons (Fsp3) is 0.158. The van der Waals surface area contributed by atoms with E-state index in [-0.39, 0.29) is 11.8 Å². The topological polar surface area (TPSA) is 58.2 Å². The maximum Gasteiger partial charge on any atom is 0.265 e. The van der Waals surface area contributed by atoms with Gasteiger partial charge in [0, 0.05) is 22.0 Å². The Morgan fingerprint density at radius 1 is 0.958 bits per heavy atom. The number of carbonyl (C=O) groups is 2. The number of carbonyl (C=O) groups excluding carboxylic acids is 2. The number of anilines is 1. The first-order valence-corrected chi connectivity index (χ1v) is 8.71. The molecule has 0 spiro atoms. The molecule has 3 aromatic rings. The predicted octanol–water partition coefficient (Wildman–Crippen LogP) is 4.05. The zero-order valence-corrected chi connectivity index (χ0v) is 13.7. The van der Waals surface area contributed by atoms with Crippen molar-refractivity contribution in [2.24, 2.45) is 0 Å². The Bertz CT molecular complexity index is 895. The van der Waals surface area contributed by atoms with E-state index in [1.807, 2.05) is 30.3 Å². The van der Waals surface area contributed by atoms with Crippen molar-refractivity contribution in [3.8, 4) is 0 Å². The SMILES string of the molecule is O=C(NC1CC1)c1cccc(NC(=O)c2cc3ccccc3s2)c1. The molecule has 1 aliphatic carbocycles. The molecule has 0 bridgehead atoms. The Kier molecular flexibility index (Phi) is 3.78. The summed E-state index contributed by atoms with van der Waals surface area (Å²) >= 11 is 1.46. The van der Waals surface area contributed by atoms with Crippen molar-refractivity contribution in [1.82, 2.24) is 5.32 Å². The van der Waals surface area contributed by atoms with E-state index in [4.69, 9.17) is 0 Å². The summed E-state index contributed by atoms with van der Waals surface area (Å²) in [6, 6.07) is 17.1. The van der Waals surface area contributed by atoms with Gasteiger partial charge in [0.05, 0.1) is 4.88 Å². The number of fused-ring (bicyclic) bond motifs is 1. The third kappa shape index (κ3) is 3.16. The summed E-state index contributed by atoms with van der Waals surface area (Å²) in [7, 11) is 0. The number of amides is 2. The van der Waals surface area contributed by atoms with E-state index < -0.39 is 0 Å². The second-order valence-corrected chi connectivity index (χ2v) is 7.01. The average Bonchev–Trinajstić information content (AvgIpc) is 3.29. The molecular formula is C19H16N2O2S. The summed E-state index contributed by atoms with van der Waals surface area (Å²) in [6.07, 6.45) is 2.10. The molecule has 1 saturated carbocycles. The molecule has 1 heterocycles. The van der Waals surface area contributed by atoms with Crippen LogP contribution in [0.2, 0.25) is 0 Å². The molecule has 4 nitrogen and oxygen atoms in total. The van der Waals surface area contributed by atoms with Gasteiger partial charge in [-0.05, 0) is 48.6 Å². The number of thiophene rings is 1. The molecule has 2 amide bonds. The minimum absolute atomic E-state index is 0.0875. The normalized spacial score (nSPS) is 13.7. The summed E-state index contributed by atoms with van der Waals surface area (Å²) in [5.74, 6) is -0.244. The van der Waals surface area contributed by atoms with Crippen LogP contribution in [0.5, 0.6) is 0 Å². The van der Waals surface area contributed by atoms with Crippen LogP contribution < -0.4 is 10.6 Å². The van der Waals surface area contributed by atoms with E-state index in [0.29, 0.717) is 22.2 Å². The van der Waals surface area contributed by atoms with E-state index >= 15 is 0 Å². The highest BCUT2D eigenvalue weighted by Crippen LogP contribution is 2.26. The lowest BCUT2D eigenvalue weighted by Gasteiger charge is -2.07. The molecule has 0 saturated heterocycles. The van der Waals surface area contributed by atoms with Crippen LogP contribution in [-0.4, -0.2) is 17.9 Å². The molecule has 0 aliphatic heterocycles. The summed E-state index contributed by atoms with van der Waals surface area (Å²) < 4.78 is 1.08. The Morgan fingerprint density at radius 2 is 1.79 bits per heavy atom. The molecule has 2 aromatic carbocycles. The van der Waals surface area contributed by atoms with Gasteiger partial charge in [0.15, 0.2) is 0 Å². The standard InChI is InChI=1S/C19H16N2O2S/c22-18(20-14-8-9-14)13-5-3-6-15(10-13)21-19(23)17-11-12-4-1-2-7-16(12)24-17/h1-7,10-11,14H,8-9H2,(H,20,22)(H,21,23). The van der Waals surface area contributed by atoms with Gasteiger partial charge in [-0.1, -0.05) is 24.3 Å². The third-order valence-corrected chi connectivity index (χ3v) is 5.06. The van der Waals surface area contributed by atoms with Crippen LogP contribution >= 0.6 is 11.3 Å². The second-order valence-electron chi connectivity index (χ2n) is 5.93. The van der Waals surface area contributed by atoms with E-state index in [2.05, 4.69) is 10.6 Å². The molecule has 120 valence electrons. The maximum absolute atomic E-state index is 12.5. The maximum atomic E-state index is 12.5. The molecule has 24 heavy (non-hydrogen) atoms. The highest BCUT2D eigenvalue weighted by molar-refractivity contribution is 7.20. The van der Waals surface area contributed by atoms with Gasteiger partial charge in [-0.2, -0.15) is 0 Å². The van der Waals surface area contributed by atoms with Crippen LogP contribution in [0.25, 0.3) is 10.1 Å². The minimum Gasteiger partial charge on any atom is -0.349 e. The lowest BCUT2D eigenvalue weighted by atomic mass is 10.2. The van der Waals surface area contributed by atoms with Crippen LogP contribution in [-0.2, 0) is 0 Å². The molecule has 1 aliphatic rings. The largest absolute Gasteiger partial charge is 0.349 e. The van der Waals surface area contributed by atoms with Crippen molar-refractivity contribution in [2.45, 2.75) is 18.9 Å². The first-order chi connectivity index (χ1) is 11.7. The van der Waals surface area contributed by atoms with Gasteiger partial charge < -0.3 is 10.6 Å². The molecule has 1 fully saturated rings. The third-order valence-electron chi connectivity index (χ3n) is 3.94. The molecule has 0 radical (unpaired) electrons. The van der Waals surface area contributed by atoms with Crippen molar-refractivity contribution in [1.29, 1.82) is 0 Å². The van der Waals surface area contributed by atoms with Crippen LogP contribution in [0.4, 0.5) is 5.69 Å². The van der Waals surface area contributed by atoms with Gasteiger partial charge in [-0.25, -0.2) is 0 Å². The number of nitrogens with one attached hydrogen (secondary N) is 2. The number of benzene rings is 2. The zero-order chi connectivity index (χ0) is 16.5. The van der Waals surface area contributed by atoms with Gasteiger partial charge in [-0.15, -0.1) is 11.3 Å². The number of hydrogen-bond donors (Lipinski definition) is 2. The average molecular weight is 336 g/mol. The Morgan fingerprint density at radius 3 is 2.58 bits per heavy atom. The molecule has 4 rings (SSSR count). The Balaban J connectivity index is 1.51. The zero-order valence-electron chi connectivity index (χ0n) is 12.9. The van der Waals surface area contributed by atoms with Crippen molar-refractivity contribution in [3.63, 3.8) is 0 Å². The molecule has 0 unspecified atom stereocenters. The summed E-state index contributed by atoms with van der Waals surface area (Å²) in [5.41, 5.74) is 1.19. The first kappa shape index (κ1) is 14.9. The van der Waals surface area contributed by atoms with Crippen molar-refractivity contribution >= 4 is 38.9 Å². The van der Waals surface area contributed by atoms with E-state index in [9.17, 15) is 9.59 Å². The van der Waals surface area contributed by atoms with Gasteiger partial charge in [-0.3, -0.25) is 9.59 Å². The van der Waals surface area contributed by atoms with Crippen molar-refractivity contribution < 1.29 is 9.59 Å². The summed E-state index contributed by atoms with van der Waals surface area (Å²) in [4.78, 5) is 25.2. The van der Waals surface area contributed by atoms with Gasteiger partial charge in [0.1, 0.15) is 0 Å². The van der Waals surface area contributed by atoms with Gasteiger partial charge in [0.25, 0.3) is 11.8 Å². The van der Waals surface area contributed by atoms with Gasteiger partial charge >= 0.3 is 0 Å². The lowest BCUT2D eigenvalue weighted by Crippen LogP contribution is -2.25. The number of hydrogen-bond acceptors (Lipinski definition) is 3. The van der Waals surface area contributed by atoms with Crippen molar-refractivity contribution in [3.05, 3.63) is 65.0 Å². The second kappa shape index (κ2) is 6.09. The fourth-order valence-corrected chi connectivity index (χ4v) is 3.48. The highest BCUT2D eigenvalue weighted by atomic mass is 32.1. The molecular weight excluding hydrogens is 320 g/mol. The summed E-state index contributed by atoms with van der Waals surface area (Å²) in [6.45, 7) is 0. The summed E-state index contributed by atoms with van der Waals surface area (Å²) in [5, 5.41) is 6.89. The molecule has 5 heteroatoms. The molecule has 2 N–H and O–H groups in total. The fourth-order valence-electron chi connectivity index (χ4n) is 2.52.